The molecule has 2 rings (SSSR count). The standard InChI is InChI=1S/C14H17BrN2S/c1-3-13(14-16-6-7-18-14)17-9-11-5-4-10(2)8-12(11)15/h4-8,13,17H,3,9H2,1-2H3. The van der Waals surface area contributed by atoms with Gasteiger partial charge in [0.05, 0.1) is 6.04 Å². The second-order valence-electron chi connectivity index (χ2n) is 4.31. The van der Waals surface area contributed by atoms with E-state index in [2.05, 4.69) is 58.3 Å². The van der Waals surface area contributed by atoms with Gasteiger partial charge in [0.15, 0.2) is 0 Å². The van der Waals surface area contributed by atoms with Crippen molar-refractivity contribution in [3.05, 3.63) is 50.4 Å². The van der Waals surface area contributed by atoms with Crippen molar-refractivity contribution < 1.29 is 0 Å². The van der Waals surface area contributed by atoms with E-state index in [-0.39, 0.29) is 0 Å². The Bertz CT molecular complexity index is 497. The maximum Gasteiger partial charge on any atom is 0.109 e. The van der Waals surface area contributed by atoms with E-state index in [9.17, 15) is 0 Å². The van der Waals surface area contributed by atoms with E-state index in [1.807, 2.05) is 11.6 Å². The van der Waals surface area contributed by atoms with Gasteiger partial charge in [-0.25, -0.2) is 4.98 Å². The van der Waals surface area contributed by atoms with Gasteiger partial charge in [-0.2, -0.15) is 0 Å². The highest BCUT2D eigenvalue weighted by Gasteiger charge is 2.11. The first kappa shape index (κ1) is 13.7. The summed E-state index contributed by atoms with van der Waals surface area (Å²) in [7, 11) is 0. The van der Waals surface area contributed by atoms with Crippen LogP contribution in [0.3, 0.4) is 0 Å². The summed E-state index contributed by atoms with van der Waals surface area (Å²) in [6.45, 7) is 5.15. The highest BCUT2D eigenvalue weighted by Crippen LogP contribution is 2.22. The lowest BCUT2D eigenvalue weighted by Crippen LogP contribution is -2.20. The maximum atomic E-state index is 4.38. The zero-order valence-electron chi connectivity index (χ0n) is 10.6. The van der Waals surface area contributed by atoms with Gasteiger partial charge in [0.25, 0.3) is 0 Å². The molecule has 0 amide bonds. The van der Waals surface area contributed by atoms with Crippen molar-refractivity contribution in [2.24, 2.45) is 0 Å². The molecule has 96 valence electrons. The molecule has 0 aliphatic heterocycles. The Morgan fingerprint density at radius 3 is 2.89 bits per heavy atom. The Labute approximate surface area is 121 Å². The highest BCUT2D eigenvalue weighted by atomic mass is 79.9. The van der Waals surface area contributed by atoms with Gasteiger partial charge in [0.2, 0.25) is 0 Å². The van der Waals surface area contributed by atoms with Crippen molar-refractivity contribution in [3.8, 4) is 0 Å². The van der Waals surface area contributed by atoms with Gasteiger partial charge in [-0.1, -0.05) is 35.0 Å². The minimum atomic E-state index is 0.346. The summed E-state index contributed by atoms with van der Waals surface area (Å²) in [6.07, 6.45) is 2.92. The Hall–Kier alpha value is -0.710. The SMILES string of the molecule is CCC(NCc1ccc(C)cc1Br)c1nccs1. The van der Waals surface area contributed by atoms with Gasteiger partial charge in [0.1, 0.15) is 5.01 Å². The number of benzene rings is 1. The van der Waals surface area contributed by atoms with Crippen LogP contribution in [0.4, 0.5) is 0 Å². The van der Waals surface area contributed by atoms with Crippen LogP contribution in [0.5, 0.6) is 0 Å². The van der Waals surface area contributed by atoms with E-state index >= 15 is 0 Å². The monoisotopic (exact) mass is 324 g/mol. The largest absolute Gasteiger partial charge is 0.304 e. The van der Waals surface area contributed by atoms with Crippen LogP contribution in [0.25, 0.3) is 0 Å². The lowest BCUT2D eigenvalue weighted by atomic mass is 10.1. The molecule has 18 heavy (non-hydrogen) atoms. The number of nitrogens with zero attached hydrogens (tertiary/aromatic N) is 1. The van der Waals surface area contributed by atoms with Gasteiger partial charge in [0, 0.05) is 22.6 Å². The molecule has 1 unspecified atom stereocenters. The van der Waals surface area contributed by atoms with E-state index in [1.54, 1.807) is 11.3 Å². The van der Waals surface area contributed by atoms with Crippen LogP contribution in [-0.4, -0.2) is 4.98 Å². The molecular weight excluding hydrogens is 308 g/mol. The second kappa shape index (κ2) is 6.45. The molecule has 1 atom stereocenters. The molecule has 2 nitrogen and oxygen atoms in total. The van der Waals surface area contributed by atoms with E-state index in [0.29, 0.717) is 6.04 Å². The second-order valence-corrected chi connectivity index (χ2v) is 6.09. The Morgan fingerprint density at radius 1 is 1.44 bits per heavy atom. The number of aryl methyl sites for hydroxylation is 1. The molecule has 2 aromatic rings. The number of hydrogen-bond donors (Lipinski definition) is 1. The molecule has 0 saturated carbocycles. The van der Waals surface area contributed by atoms with E-state index in [4.69, 9.17) is 0 Å². The Balaban J connectivity index is 2.02. The molecule has 0 saturated heterocycles. The highest BCUT2D eigenvalue weighted by molar-refractivity contribution is 9.10. The molecule has 1 aromatic heterocycles. The summed E-state index contributed by atoms with van der Waals surface area (Å²) in [4.78, 5) is 4.38. The smallest absolute Gasteiger partial charge is 0.109 e. The first-order chi connectivity index (χ1) is 8.70. The third kappa shape index (κ3) is 3.40. The van der Waals surface area contributed by atoms with E-state index in [0.717, 1.165) is 13.0 Å². The summed E-state index contributed by atoms with van der Waals surface area (Å²) in [6, 6.07) is 6.81. The molecule has 1 heterocycles. The zero-order valence-corrected chi connectivity index (χ0v) is 13.0. The van der Waals surface area contributed by atoms with Gasteiger partial charge in [-0.15, -0.1) is 11.3 Å². The predicted molar refractivity (Wildman–Crippen MR) is 80.9 cm³/mol. The predicted octanol–water partition coefficient (Wildman–Crippen LogP) is 4.45. The topological polar surface area (TPSA) is 24.9 Å². The normalized spacial score (nSPS) is 12.6. The summed E-state index contributed by atoms with van der Waals surface area (Å²) in [5, 5.41) is 6.76. The fourth-order valence-corrected chi connectivity index (χ4v) is 3.27. The molecule has 0 spiro atoms. The van der Waals surface area contributed by atoms with Crippen LogP contribution in [0, 0.1) is 6.92 Å². The summed E-state index contributed by atoms with van der Waals surface area (Å²) in [5.41, 5.74) is 2.56. The van der Waals surface area contributed by atoms with Crippen LogP contribution in [0.15, 0.2) is 34.2 Å². The number of nitrogens with one attached hydrogen (secondary N) is 1. The fourth-order valence-electron chi connectivity index (χ4n) is 1.84. The minimum Gasteiger partial charge on any atom is -0.304 e. The van der Waals surface area contributed by atoms with Crippen molar-refractivity contribution >= 4 is 27.3 Å². The average molecular weight is 325 g/mol. The van der Waals surface area contributed by atoms with Gasteiger partial charge in [-0.3, -0.25) is 0 Å². The molecule has 4 heteroatoms. The van der Waals surface area contributed by atoms with Gasteiger partial charge < -0.3 is 5.32 Å². The molecule has 1 aromatic carbocycles. The van der Waals surface area contributed by atoms with E-state index < -0.39 is 0 Å². The fraction of sp³-hybridized carbons (Fsp3) is 0.357. The first-order valence-corrected chi connectivity index (χ1v) is 7.75. The lowest BCUT2D eigenvalue weighted by molar-refractivity contribution is 0.516. The number of halogens is 1. The summed E-state index contributed by atoms with van der Waals surface area (Å²) >= 11 is 5.33. The summed E-state index contributed by atoms with van der Waals surface area (Å²) in [5.74, 6) is 0. The molecule has 1 N–H and O–H groups in total. The van der Waals surface area contributed by atoms with Crippen molar-refractivity contribution in [3.63, 3.8) is 0 Å². The third-order valence-electron chi connectivity index (χ3n) is 2.91. The number of aromatic nitrogens is 1. The third-order valence-corrected chi connectivity index (χ3v) is 4.53. The minimum absolute atomic E-state index is 0.346. The Morgan fingerprint density at radius 2 is 2.28 bits per heavy atom. The van der Waals surface area contributed by atoms with Crippen LogP contribution in [-0.2, 0) is 6.54 Å². The zero-order chi connectivity index (χ0) is 13.0. The molecule has 0 aliphatic carbocycles. The number of rotatable bonds is 5. The van der Waals surface area contributed by atoms with Crippen molar-refractivity contribution in [1.29, 1.82) is 0 Å². The Kier molecular flexibility index (Phi) is 4.92. The van der Waals surface area contributed by atoms with Crippen LogP contribution in [0.2, 0.25) is 0 Å². The number of thiazole rings is 1. The number of hydrogen-bond acceptors (Lipinski definition) is 3. The molecule has 0 bridgehead atoms. The van der Waals surface area contributed by atoms with E-state index in [1.165, 1.54) is 20.6 Å². The van der Waals surface area contributed by atoms with Crippen LogP contribution >= 0.6 is 27.3 Å². The average Bonchev–Trinajstić information content (AvgIpc) is 2.86. The molecule has 0 radical (unpaired) electrons. The van der Waals surface area contributed by atoms with Crippen molar-refractivity contribution in [2.45, 2.75) is 32.9 Å². The molecule has 0 aliphatic rings. The van der Waals surface area contributed by atoms with Crippen LogP contribution < -0.4 is 5.32 Å². The lowest BCUT2D eigenvalue weighted by Gasteiger charge is -2.15. The molecule has 0 fully saturated rings. The van der Waals surface area contributed by atoms with Crippen LogP contribution in [0.1, 0.15) is 35.5 Å². The van der Waals surface area contributed by atoms with Gasteiger partial charge in [-0.05, 0) is 30.5 Å². The van der Waals surface area contributed by atoms with Gasteiger partial charge >= 0.3 is 0 Å². The van der Waals surface area contributed by atoms with Crippen molar-refractivity contribution in [2.75, 3.05) is 0 Å². The first-order valence-electron chi connectivity index (χ1n) is 6.08. The maximum absolute atomic E-state index is 4.38. The summed E-state index contributed by atoms with van der Waals surface area (Å²) < 4.78 is 1.17. The molecular formula is C14H17BrN2S. The quantitative estimate of drug-likeness (QED) is 0.878. The van der Waals surface area contributed by atoms with Crippen molar-refractivity contribution in [1.82, 2.24) is 10.3 Å².